The summed E-state index contributed by atoms with van der Waals surface area (Å²) in [4.78, 5) is 25.3. The average Bonchev–Trinajstić information content (AvgIpc) is 3.19. The van der Waals surface area contributed by atoms with Crippen LogP contribution < -0.4 is 10.1 Å². The Hall–Kier alpha value is -2.93. The molecule has 3 atom stereocenters. The van der Waals surface area contributed by atoms with Crippen LogP contribution in [0.1, 0.15) is 60.0 Å². The third-order valence-corrected chi connectivity index (χ3v) is 6.20. The van der Waals surface area contributed by atoms with E-state index in [1.165, 1.54) is 26.4 Å². The molecule has 0 radical (unpaired) electrons. The van der Waals surface area contributed by atoms with Crippen LogP contribution in [0.2, 0.25) is 0 Å². The first-order valence-corrected chi connectivity index (χ1v) is 10.7. The van der Waals surface area contributed by atoms with E-state index >= 15 is 0 Å². The van der Waals surface area contributed by atoms with E-state index in [0.717, 1.165) is 11.1 Å². The van der Waals surface area contributed by atoms with Crippen molar-refractivity contribution in [3.8, 4) is 5.75 Å². The fourth-order valence-electron chi connectivity index (χ4n) is 4.81. The Morgan fingerprint density at radius 2 is 1.78 bits per heavy atom. The van der Waals surface area contributed by atoms with Gasteiger partial charge in [-0.15, -0.1) is 0 Å². The summed E-state index contributed by atoms with van der Waals surface area (Å²) in [5.74, 6) is -1.11. The van der Waals surface area contributed by atoms with Crippen LogP contribution >= 0.6 is 0 Å². The molecule has 0 saturated heterocycles. The molecule has 0 aromatic heterocycles. The summed E-state index contributed by atoms with van der Waals surface area (Å²) in [6, 6.07) is 11.4. The lowest BCUT2D eigenvalue weighted by Gasteiger charge is -2.35. The second-order valence-corrected chi connectivity index (χ2v) is 8.30. The quantitative estimate of drug-likeness (QED) is 0.647. The molecule has 6 nitrogen and oxygen atoms in total. The molecule has 3 rings (SSSR count). The SMILES string of the molecule is CN[C@@]1(C(=O)OC)CC[C@H](c2cc(C(=O)OC)ccc2OC(C)C)[C@H]1c1ccc(F)cc1. The molecule has 32 heavy (non-hydrogen) atoms. The second kappa shape index (κ2) is 9.69. The average molecular weight is 444 g/mol. The maximum atomic E-state index is 13.7. The van der Waals surface area contributed by atoms with Crippen molar-refractivity contribution in [2.24, 2.45) is 0 Å². The van der Waals surface area contributed by atoms with Crippen molar-refractivity contribution in [2.45, 2.75) is 50.2 Å². The van der Waals surface area contributed by atoms with E-state index in [4.69, 9.17) is 14.2 Å². The summed E-state index contributed by atoms with van der Waals surface area (Å²) < 4.78 is 29.9. The molecule has 0 spiro atoms. The number of methoxy groups -OCH3 is 2. The molecule has 0 unspecified atom stereocenters. The third kappa shape index (κ3) is 4.35. The van der Waals surface area contributed by atoms with Crippen LogP contribution in [-0.4, -0.2) is 44.8 Å². The zero-order chi connectivity index (χ0) is 23.5. The minimum atomic E-state index is -1.01. The van der Waals surface area contributed by atoms with Crippen molar-refractivity contribution in [1.82, 2.24) is 5.32 Å². The minimum absolute atomic E-state index is 0.0851. The summed E-state index contributed by atoms with van der Waals surface area (Å²) in [5, 5.41) is 3.20. The van der Waals surface area contributed by atoms with Crippen molar-refractivity contribution < 1.29 is 28.2 Å². The highest BCUT2D eigenvalue weighted by Crippen LogP contribution is 2.54. The van der Waals surface area contributed by atoms with Gasteiger partial charge in [0.25, 0.3) is 0 Å². The van der Waals surface area contributed by atoms with E-state index in [2.05, 4.69) is 5.32 Å². The van der Waals surface area contributed by atoms with Crippen LogP contribution in [0.15, 0.2) is 42.5 Å². The molecule has 172 valence electrons. The fraction of sp³-hybridized carbons (Fsp3) is 0.440. The number of ether oxygens (including phenoxy) is 3. The fourth-order valence-corrected chi connectivity index (χ4v) is 4.81. The first-order chi connectivity index (χ1) is 15.3. The molecule has 0 aliphatic heterocycles. The van der Waals surface area contributed by atoms with E-state index in [9.17, 15) is 14.0 Å². The second-order valence-electron chi connectivity index (χ2n) is 8.30. The molecule has 2 aromatic carbocycles. The summed E-state index contributed by atoms with van der Waals surface area (Å²) in [6.45, 7) is 3.85. The maximum absolute atomic E-state index is 13.7. The monoisotopic (exact) mass is 443 g/mol. The largest absolute Gasteiger partial charge is 0.491 e. The molecule has 2 aromatic rings. The van der Waals surface area contributed by atoms with Crippen molar-refractivity contribution in [1.29, 1.82) is 0 Å². The van der Waals surface area contributed by atoms with Gasteiger partial charge in [0.1, 0.15) is 17.1 Å². The number of halogens is 1. The Kier molecular flexibility index (Phi) is 7.19. The van der Waals surface area contributed by atoms with Gasteiger partial charge in [0.15, 0.2) is 0 Å². The van der Waals surface area contributed by atoms with Gasteiger partial charge in [0, 0.05) is 5.92 Å². The van der Waals surface area contributed by atoms with E-state index in [-0.39, 0.29) is 29.7 Å². The molecule has 0 amide bonds. The molecule has 1 aliphatic carbocycles. The van der Waals surface area contributed by atoms with Gasteiger partial charge in [-0.05, 0) is 81.1 Å². The number of hydrogen-bond acceptors (Lipinski definition) is 6. The predicted molar refractivity (Wildman–Crippen MR) is 118 cm³/mol. The molecule has 1 saturated carbocycles. The van der Waals surface area contributed by atoms with Gasteiger partial charge in [0.2, 0.25) is 0 Å². The van der Waals surface area contributed by atoms with Gasteiger partial charge in [-0.1, -0.05) is 12.1 Å². The van der Waals surface area contributed by atoms with Crippen molar-refractivity contribution in [3.63, 3.8) is 0 Å². The topological polar surface area (TPSA) is 73.9 Å². The standard InChI is InChI=1S/C25H30FNO5/c1-15(2)32-21-11-8-17(23(28)30-4)14-20(21)19-12-13-25(27-3,24(29)31-5)22(19)16-6-9-18(26)10-7-16/h6-11,14-15,19,22,27H,12-13H2,1-5H3/t19-,22-,25+/m1/s1. The normalized spacial score (nSPS) is 22.6. The Labute approximate surface area is 188 Å². The van der Waals surface area contributed by atoms with Crippen molar-refractivity contribution in [2.75, 3.05) is 21.3 Å². The van der Waals surface area contributed by atoms with Gasteiger partial charge in [-0.3, -0.25) is 4.79 Å². The van der Waals surface area contributed by atoms with Gasteiger partial charge in [-0.2, -0.15) is 0 Å². The third-order valence-electron chi connectivity index (χ3n) is 6.20. The highest BCUT2D eigenvalue weighted by atomic mass is 19.1. The van der Waals surface area contributed by atoms with Gasteiger partial charge in [-0.25, -0.2) is 9.18 Å². The smallest absolute Gasteiger partial charge is 0.337 e. The van der Waals surface area contributed by atoms with Crippen LogP contribution in [0, 0.1) is 5.82 Å². The highest BCUT2D eigenvalue weighted by molar-refractivity contribution is 5.90. The van der Waals surface area contributed by atoms with Crippen LogP contribution in [0.25, 0.3) is 0 Å². The van der Waals surface area contributed by atoms with Crippen LogP contribution in [0.4, 0.5) is 4.39 Å². The molecule has 1 N–H and O–H groups in total. The molecular weight excluding hydrogens is 413 g/mol. The van der Waals surface area contributed by atoms with E-state index < -0.39 is 11.5 Å². The molecule has 7 heteroatoms. The number of esters is 2. The number of benzene rings is 2. The Balaban J connectivity index is 2.21. The van der Waals surface area contributed by atoms with Crippen molar-refractivity contribution in [3.05, 3.63) is 65.0 Å². The summed E-state index contributed by atoms with van der Waals surface area (Å²) in [7, 11) is 4.43. The number of nitrogens with one attached hydrogen (secondary N) is 1. The lowest BCUT2D eigenvalue weighted by Crippen LogP contribution is -2.53. The number of carbonyl (C=O) groups excluding carboxylic acids is 2. The Morgan fingerprint density at radius 1 is 1.09 bits per heavy atom. The van der Waals surface area contributed by atoms with Gasteiger partial charge in [0.05, 0.1) is 25.9 Å². The van der Waals surface area contributed by atoms with E-state index in [1.807, 2.05) is 13.8 Å². The summed E-state index contributed by atoms with van der Waals surface area (Å²) >= 11 is 0. The van der Waals surface area contributed by atoms with Crippen LogP contribution in [0.5, 0.6) is 5.75 Å². The maximum Gasteiger partial charge on any atom is 0.337 e. The summed E-state index contributed by atoms with van der Waals surface area (Å²) in [5.41, 5.74) is 0.995. The molecule has 0 bridgehead atoms. The Bertz CT molecular complexity index is 975. The van der Waals surface area contributed by atoms with E-state index in [0.29, 0.717) is 24.2 Å². The lowest BCUT2D eigenvalue weighted by molar-refractivity contribution is -0.149. The minimum Gasteiger partial charge on any atom is -0.491 e. The zero-order valence-corrected chi connectivity index (χ0v) is 19.1. The first kappa shape index (κ1) is 23.7. The lowest BCUT2D eigenvalue weighted by atomic mass is 9.75. The predicted octanol–water partition coefficient (Wildman–Crippen LogP) is 4.19. The molecular formula is C25H30FNO5. The number of carbonyl (C=O) groups is 2. The van der Waals surface area contributed by atoms with E-state index in [1.54, 1.807) is 37.4 Å². The number of likely N-dealkylation sites (N-methyl/N-ethyl adjacent to an activating group) is 1. The van der Waals surface area contributed by atoms with Gasteiger partial charge < -0.3 is 19.5 Å². The molecule has 1 fully saturated rings. The molecule has 0 heterocycles. The van der Waals surface area contributed by atoms with Crippen LogP contribution in [0.3, 0.4) is 0 Å². The van der Waals surface area contributed by atoms with Crippen LogP contribution in [-0.2, 0) is 14.3 Å². The zero-order valence-electron chi connectivity index (χ0n) is 19.1. The first-order valence-electron chi connectivity index (χ1n) is 10.7. The Morgan fingerprint density at radius 3 is 2.34 bits per heavy atom. The number of rotatable bonds is 7. The summed E-state index contributed by atoms with van der Waals surface area (Å²) in [6.07, 6.45) is 1.06. The van der Waals surface area contributed by atoms with Gasteiger partial charge >= 0.3 is 11.9 Å². The highest BCUT2D eigenvalue weighted by Gasteiger charge is 2.55. The molecule has 1 aliphatic rings. The number of hydrogen-bond donors (Lipinski definition) is 1. The van der Waals surface area contributed by atoms with Crippen molar-refractivity contribution >= 4 is 11.9 Å².